The van der Waals surface area contributed by atoms with Crippen molar-refractivity contribution >= 4 is 5.97 Å². The number of hydrogen-bond donors (Lipinski definition) is 2. The second kappa shape index (κ2) is 3.05. The lowest BCUT2D eigenvalue weighted by molar-refractivity contribution is -0.138. The molecule has 44 valence electrons. The topological polar surface area (TPSA) is 57.5 Å². The number of carboxylic acid groups (broad SMARTS) is 1. The molecule has 0 rings (SSSR count). The Morgan fingerprint density at radius 2 is 2.38 bits per heavy atom. The number of hydrogen-bond acceptors (Lipinski definition) is 2. The van der Waals surface area contributed by atoms with Crippen molar-refractivity contribution in [2.24, 2.45) is 0 Å². The summed E-state index contributed by atoms with van der Waals surface area (Å²) in [7, 11) is 0. The van der Waals surface area contributed by atoms with E-state index in [4.69, 9.17) is 10.2 Å². The van der Waals surface area contributed by atoms with Gasteiger partial charge < -0.3 is 10.2 Å². The third-order valence-electron chi connectivity index (χ3n) is 0.560. The Bertz CT molecular complexity index is 122. The Morgan fingerprint density at radius 1 is 1.88 bits per heavy atom. The smallest absolute Gasteiger partial charge is 0.307 e. The summed E-state index contributed by atoms with van der Waals surface area (Å²) < 4.78 is 0. The highest BCUT2D eigenvalue weighted by atomic mass is 16.4. The zero-order valence-electron chi connectivity index (χ0n) is 4.16. The maximum absolute atomic E-state index is 9.71. The molecule has 0 bridgehead atoms. The molecule has 0 saturated carbocycles. The van der Waals surface area contributed by atoms with E-state index in [0.29, 0.717) is 0 Å². The maximum Gasteiger partial charge on any atom is 0.307 e. The molecule has 0 saturated heterocycles. The summed E-state index contributed by atoms with van der Waals surface area (Å²) in [5, 5.41) is 16.4. The van der Waals surface area contributed by atoms with Gasteiger partial charge in [-0.05, 0) is 0 Å². The molecule has 8 heavy (non-hydrogen) atoms. The molecular formula is C5H6O3. The zero-order valence-corrected chi connectivity index (χ0v) is 4.16. The molecule has 0 aliphatic heterocycles. The second-order valence-electron chi connectivity index (χ2n) is 1.28. The van der Waals surface area contributed by atoms with Gasteiger partial charge >= 0.3 is 5.97 Å². The van der Waals surface area contributed by atoms with Crippen LogP contribution in [0.25, 0.3) is 0 Å². The molecule has 0 aliphatic rings. The van der Waals surface area contributed by atoms with Gasteiger partial charge in [-0.3, -0.25) is 4.79 Å². The summed E-state index contributed by atoms with van der Waals surface area (Å²) in [6, 6.07) is 0. The van der Waals surface area contributed by atoms with Crippen LogP contribution in [-0.2, 0) is 4.79 Å². The fourth-order valence-corrected chi connectivity index (χ4v) is 0.224. The average Bonchev–Trinajstić information content (AvgIpc) is 1.65. The summed E-state index contributed by atoms with van der Waals surface area (Å²) in [5.74, 6) is 0.783. The molecule has 0 aromatic heterocycles. The van der Waals surface area contributed by atoms with E-state index in [0.717, 1.165) is 0 Å². The lowest BCUT2D eigenvalue weighted by Crippen LogP contribution is -2.09. The average molecular weight is 114 g/mol. The molecule has 0 spiro atoms. The van der Waals surface area contributed by atoms with Crippen LogP contribution in [0.3, 0.4) is 0 Å². The van der Waals surface area contributed by atoms with Crippen molar-refractivity contribution in [3.63, 3.8) is 0 Å². The standard InChI is InChI=1S/C5H6O3/c1-2-4(6)3-5(7)8/h1,4,6H,3H2,(H,7,8). The highest BCUT2D eigenvalue weighted by molar-refractivity contribution is 5.67. The molecule has 2 N–H and O–H groups in total. The Labute approximate surface area is 46.9 Å². The van der Waals surface area contributed by atoms with Gasteiger partial charge in [0.25, 0.3) is 0 Å². The normalized spacial score (nSPS) is 12.0. The van der Waals surface area contributed by atoms with E-state index in [2.05, 4.69) is 6.42 Å². The molecule has 0 aliphatic carbocycles. The van der Waals surface area contributed by atoms with Gasteiger partial charge in [0.15, 0.2) is 0 Å². The number of aliphatic carboxylic acids is 1. The van der Waals surface area contributed by atoms with Crippen LogP contribution in [0.5, 0.6) is 0 Å². The fourth-order valence-electron chi connectivity index (χ4n) is 0.224. The van der Waals surface area contributed by atoms with Gasteiger partial charge in [-0.25, -0.2) is 0 Å². The summed E-state index contributed by atoms with van der Waals surface area (Å²) in [5.41, 5.74) is 0. The molecule has 1 unspecified atom stereocenters. The van der Waals surface area contributed by atoms with Gasteiger partial charge in [-0.2, -0.15) is 0 Å². The van der Waals surface area contributed by atoms with E-state index in [1.807, 2.05) is 5.92 Å². The Kier molecular flexibility index (Phi) is 2.67. The minimum atomic E-state index is -1.15. The van der Waals surface area contributed by atoms with E-state index >= 15 is 0 Å². The van der Waals surface area contributed by atoms with Gasteiger partial charge in [-0.15, -0.1) is 6.42 Å². The Hall–Kier alpha value is -1.01. The molecule has 0 heterocycles. The second-order valence-corrected chi connectivity index (χ2v) is 1.28. The minimum absolute atomic E-state index is 0.378. The third-order valence-corrected chi connectivity index (χ3v) is 0.560. The molecule has 0 fully saturated rings. The molecular weight excluding hydrogens is 108 g/mol. The van der Waals surface area contributed by atoms with Crippen LogP contribution in [0.15, 0.2) is 0 Å². The zero-order chi connectivity index (χ0) is 6.57. The maximum atomic E-state index is 9.71. The number of aliphatic hydroxyl groups excluding tert-OH is 1. The molecule has 0 radical (unpaired) electrons. The van der Waals surface area contributed by atoms with Crippen molar-refractivity contribution in [1.29, 1.82) is 0 Å². The van der Waals surface area contributed by atoms with Crippen molar-refractivity contribution in [3.8, 4) is 12.3 Å². The van der Waals surface area contributed by atoms with Crippen molar-refractivity contribution in [3.05, 3.63) is 0 Å². The molecule has 0 aromatic rings. The largest absolute Gasteiger partial charge is 0.481 e. The van der Waals surface area contributed by atoms with Crippen LogP contribution < -0.4 is 0 Å². The van der Waals surface area contributed by atoms with Crippen LogP contribution in [0.2, 0.25) is 0 Å². The van der Waals surface area contributed by atoms with Crippen LogP contribution in [0.1, 0.15) is 6.42 Å². The van der Waals surface area contributed by atoms with Crippen LogP contribution >= 0.6 is 0 Å². The van der Waals surface area contributed by atoms with Crippen molar-refractivity contribution in [2.75, 3.05) is 0 Å². The first-order valence-electron chi connectivity index (χ1n) is 2.03. The summed E-state index contributed by atoms with van der Waals surface area (Å²) >= 11 is 0. The highest BCUT2D eigenvalue weighted by Gasteiger charge is 2.03. The summed E-state index contributed by atoms with van der Waals surface area (Å²) in [6.45, 7) is 0. The number of aliphatic hydroxyl groups is 1. The van der Waals surface area contributed by atoms with Crippen LogP contribution in [-0.4, -0.2) is 22.3 Å². The van der Waals surface area contributed by atoms with Crippen LogP contribution in [0.4, 0.5) is 0 Å². The summed E-state index contributed by atoms with van der Waals surface area (Å²) in [6.07, 6.45) is 3.13. The quantitative estimate of drug-likeness (QED) is 0.474. The fraction of sp³-hybridized carbons (Fsp3) is 0.400. The van der Waals surface area contributed by atoms with Gasteiger partial charge in [-0.1, -0.05) is 5.92 Å². The first-order valence-corrected chi connectivity index (χ1v) is 2.03. The number of carboxylic acids is 1. The Morgan fingerprint density at radius 3 is 2.50 bits per heavy atom. The molecule has 3 heteroatoms. The minimum Gasteiger partial charge on any atom is -0.481 e. The molecule has 3 nitrogen and oxygen atoms in total. The van der Waals surface area contributed by atoms with Gasteiger partial charge in [0.1, 0.15) is 6.10 Å². The van der Waals surface area contributed by atoms with E-state index in [-0.39, 0.29) is 6.42 Å². The Balaban J connectivity index is 3.43. The summed E-state index contributed by atoms with van der Waals surface area (Å²) in [4.78, 5) is 9.71. The first-order chi connectivity index (χ1) is 3.66. The molecule has 0 aromatic carbocycles. The predicted octanol–water partition coefficient (Wildman–Crippen LogP) is -0.545. The predicted molar refractivity (Wildman–Crippen MR) is 27.1 cm³/mol. The van der Waals surface area contributed by atoms with E-state index in [1.165, 1.54) is 0 Å². The van der Waals surface area contributed by atoms with Gasteiger partial charge in [0.05, 0.1) is 6.42 Å². The third kappa shape index (κ3) is 3.19. The number of terminal acetylenes is 1. The lowest BCUT2D eigenvalue weighted by Gasteiger charge is -1.93. The van der Waals surface area contributed by atoms with E-state index in [1.54, 1.807) is 0 Å². The molecule has 1 atom stereocenters. The lowest BCUT2D eigenvalue weighted by atomic mass is 10.3. The molecule has 0 amide bonds. The van der Waals surface area contributed by atoms with Gasteiger partial charge in [0, 0.05) is 0 Å². The number of rotatable bonds is 2. The van der Waals surface area contributed by atoms with E-state index in [9.17, 15) is 4.79 Å². The van der Waals surface area contributed by atoms with E-state index < -0.39 is 12.1 Å². The van der Waals surface area contributed by atoms with Gasteiger partial charge in [0.2, 0.25) is 0 Å². The SMILES string of the molecule is C#CC(O)CC(=O)O. The van der Waals surface area contributed by atoms with Crippen molar-refractivity contribution < 1.29 is 15.0 Å². The van der Waals surface area contributed by atoms with Crippen molar-refractivity contribution in [2.45, 2.75) is 12.5 Å². The van der Waals surface area contributed by atoms with Crippen LogP contribution in [0, 0.1) is 12.3 Å². The first kappa shape index (κ1) is 6.99. The monoisotopic (exact) mass is 114 g/mol. The highest BCUT2D eigenvalue weighted by Crippen LogP contribution is 1.86. The number of carbonyl (C=O) groups is 1. The van der Waals surface area contributed by atoms with Crippen molar-refractivity contribution in [1.82, 2.24) is 0 Å².